The summed E-state index contributed by atoms with van der Waals surface area (Å²) in [5.74, 6) is 0. The zero-order valence-corrected chi connectivity index (χ0v) is 27.4. The molecule has 9 aromatic rings. The lowest BCUT2D eigenvalue weighted by Gasteiger charge is -2.30. The van der Waals surface area contributed by atoms with E-state index in [0.717, 1.165) is 49.8 Å². The minimum Gasteiger partial charge on any atom is -0.455 e. The molecule has 1 heterocycles. The van der Waals surface area contributed by atoms with Gasteiger partial charge in [0.15, 0.2) is 0 Å². The molecule has 0 N–H and O–H groups in total. The highest BCUT2D eigenvalue weighted by Gasteiger charge is 2.38. The summed E-state index contributed by atoms with van der Waals surface area (Å²) in [6.45, 7) is 4.70. The van der Waals surface area contributed by atoms with Crippen LogP contribution in [0.5, 0.6) is 0 Å². The molecule has 10 rings (SSSR count). The lowest BCUT2D eigenvalue weighted by atomic mass is 9.82. The van der Waals surface area contributed by atoms with Gasteiger partial charge in [0.05, 0.1) is 16.8 Å². The number of nitrogens with zero attached hydrogens (tertiary/aromatic N) is 1. The molecule has 0 amide bonds. The molecule has 0 fully saturated rings. The second kappa shape index (κ2) is 10.4. The summed E-state index contributed by atoms with van der Waals surface area (Å²) in [7, 11) is 0. The summed E-state index contributed by atoms with van der Waals surface area (Å²) in [5.41, 5.74) is 12.8. The molecular formula is C47H33NO. The quantitative estimate of drug-likeness (QED) is 0.193. The third-order valence-electron chi connectivity index (χ3n) is 10.6. The van der Waals surface area contributed by atoms with Crippen molar-refractivity contribution < 1.29 is 4.42 Å². The van der Waals surface area contributed by atoms with E-state index in [2.05, 4.69) is 183 Å². The van der Waals surface area contributed by atoms with Gasteiger partial charge in [-0.15, -0.1) is 0 Å². The standard InChI is InChI=1S/C47H33NO/c1-47(2)39-18-9-7-16-37(39)44-40(47)19-11-20-41(44)48(35-26-24-31(25-27-35)33-23-22-30-12-3-4-13-32(30)28-33)42-29-34-14-5-6-15-36(34)46-45(42)38-17-8-10-21-43(38)49-46/h3-29H,1-2H3. The highest BCUT2D eigenvalue weighted by atomic mass is 16.3. The van der Waals surface area contributed by atoms with E-state index in [0.29, 0.717) is 0 Å². The van der Waals surface area contributed by atoms with E-state index in [9.17, 15) is 0 Å². The van der Waals surface area contributed by atoms with Gasteiger partial charge < -0.3 is 9.32 Å². The topological polar surface area (TPSA) is 16.4 Å². The number of fused-ring (bicyclic) bond motifs is 9. The lowest BCUT2D eigenvalue weighted by Crippen LogP contribution is -2.16. The first-order valence-corrected chi connectivity index (χ1v) is 17.0. The predicted octanol–water partition coefficient (Wildman–Crippen LogP) is 13.3. The SMILES string of the molecule is CC1(C)c2ccccc2-c2c(N(c3ccc(-c4ccc5ccccc5c4)cc3)c3cc4ccccc4c4oc5ccccc5c34)cccc21. The van der Waals surface area contributed by atoms with Crippen LogP contribution in [0, 0.1) is 0 Å². The maximum Gasteiger partial charge on any atom is 0.145 e. The summed E-state index contributed by atoms with van der Waals surface area (Å²) < 4.78 is 6.70. The molecule has 49 heavy (non-hydrogen) atoms. The molecule has 232 valence electrons. The molecule has 0 spiro atoms. The van der Waals surface area contributed by atoms with Crippen molar-refractivity contribution in [2.75, 3.05) is 4.90 Å². The van der Waals surface area contributed by atoms with Crippen molar-refractivity contribution in [3.63, 3.8) is 0 Å². The predicted molar refractivity (Wildman–Crippen MR) is 206 cm³/mol. The fourth-order valence-corrected chi connectivity index (χ4v) is 8.22. The van der Waals surface area contributed by atoms with Gasteiger partial charge in [-0.2, -0.15) is 0 Å². The summed E-state index contributed by atoms with van der Waals surface area (Å²) in [4.78, 5) is 2.47. The minimum atomic E-state index is -0.116. The second-order valence-electron chi connectivity index (χ2n) is 13.7. The molecule has 0 atom stereocenters. The smallest absolute Gasteiger partial charge is 0.145 e. The summed E-state index contributed by atoms with van der Waals surface area (Å²) in [6, 6.07) is 59.5. The molecule has 1 aromatic heterocycles. The Morgan fingerprint density at radius 2 is 1.16 bits per heavy atom. The fraction of sp³-hybridized carbons (Fsp3) is 0.0638. The zero-order valence-electron chi connectivity index (χ0n) is 27.4. The van der Waals surface area contributed by atoms with Crippen LogP contribution in [-0.2, 0) is 5.41 Å². The number of hydrogen-bond donors (Lipinski definition) is 0. The van der Waals surface area contributed by atoms with Crippen molar-refractivity contribution >= 4 is 60.5 Å². The Labute approximate surface area is 285 Å². The normalized spacial score (nSPS) is 13.3. The molecule has 8 aromatic carbocycles. The molecule has 0 saturated heterocycles. The second-order valence-corrected chi connectivity index (χ2v) is 13.7. The highest BCUT2D eigenvalue weighted by Crippen LogP contribution is 2.55. The first-order chi connectivity index (χ1) is 24.1. The average molecular weight is 628 g/mol. The van der Waals surface area contributed by atoms with Gasteiger partial charge in [0.1, 0.15) is 11.2 Å². The van der Waals surface area contributed by atoms with Crippen LogP contribution in [-0.4, -0.2) is 0 Å². The van der Waals surface area contributed by atoms with Gasteiger partial charge in [0.25, 0.3) is 0 Å². The number of benzene rings is 8. The van der Waals surface area contributed by atoms with E-state index in [-0.39, 0.29) is 5.41 Å². The largest absolute Gasteiger partial charge is 0.455 e. The van der Waals surface area contributed by atoms with Crippen LogP contribution in [0.1, 0.15) is 25.0 Å². The molecule has 0 unspecified atom stereocenters. The van der Waals surface area contributed by atoms with E-state index >= 15 is 0 Å². The third-order valence-corrected chi connectivity index (χ3v) is 10.6. The average Bonchev–Trinajstić information content (AvgIpc) is 3.65. The number of hydrogen-bond acceptors (Lipinski definition) is 2. The van der Waals surface area contributed by atoms with Crippen LogP contribution in [0.25, 0.3) is 65.7 Å². The minimum absolute atomic E-state index is 0.116. The summed E-state index contributed by atoms with van der Waals surface area (Å²) >= 11 is 0. The van der Waals surface area contributed by atoms with Gasteiger partial charge in [-0.05, 0) is 80.4 Å². The molecule has 0 aliphatic heterocycles. The molecule has 0 saturated carbocycles. The van der Waals surface area contributed by atoms with Gasteiger partial charge >= 0.3 is 0 Å². The number of para-hydroxylation sites is 1. The maximum atomic E-state index is 6.70. The van der Waals surface area contributed by atoms with Gasteiger partial charge in [0.2, 0.25) is 0 Å². The Bertz CT molecular complexity index is 2750. The summed E-state index contributed by atoms with van der Waals surface area (Å²) in [5, 5.41) is 7.00. The van der Waals surface area contributed by atoms with E-state index in [1.807, 2.05) is 0 Å². The van der Waals surface area contributed by atoms with Crippen LogP contribution >= 0.6 is 0 Å². The first-order valence-electron chi connectivity index (χ1n) is 17.0. The maximum absolute atomic E-state index is 6.70. The molecular weight excluding hydrogens is 595 g/mol. The van der Waals surface area contributed by atoms with Crippen LogP contribution in [0.4, 0.5) is 17.1 Å². The van der Waals surface area contributed by atoms with Crippen molar-refractivity contribution in [3.05, 3.63) is 175 Å². The van der Waals surface area contributed by atoms with Crippen molar-refractivity contribution in [2.24, 2.45) is 0 Å². The molecule has 0 radical (unpaired) electrons. The van der Waals surface area contributed by atoms with Gasteiger partial charge in [-0.1, -0.05) is 141 Å². The third kappa shape index (κ3) is 4.14. The Kier molecular flexibility index (Phi) is 5.95. The van der Waals surface area contributed by atoms with E-state index in [1.165, 1.54) is 44.2 Å². The van der Waals surface area contributed by atoms with Crippen molar-refractivity contribution in [3.8, 4) is 22.3 Å². The first kappa shape index (κ1) is 27.9. The monoisotopic (exact) mass is 627 g/mol. The van der Waals surface area contributed by atoms with Crippen LogP contribution < -0.4 is 4.90 Å². The van der Waals surface area contributed by atoms with E-state index < -0.39 is 0 Å². The van der Waals surface area contributed by atoms with Crippen molar-refractivity contribution in [1.29, 1.82) is 0 Å². The Balaban J connectivity index is 1.27. The van der Waals surface area contributed by atoms with Crippen LogP contribution in [0.3, 0.4) is 0 Å². The van der Waals surface area contributed by atoms with Crippen molar-refractivity contribution in [2.45, 2.75) is 19.3 Å². The number of anilines is 3. The van der Waals surface area contributed by atoms with Gasteiger partial charge in [-0.3, -0.25) is 0 Å². The van der Waals surface area contributed by atoms with E-state index in [4.69, 9.17) is 4.42 Å². The highest BCUT2D eigenvalue weighted by molar-refractivity contribution is 6.22. The van der Waals surface area contributed by atoms with Gasteiger partial charge in [0, 0.05) is 27.4 Å². The molecule has 1 aliphatic carbocycles. The van der Waals surface area contributed by atoms with Crippen LogP contribution in [0.15, 0.2) is 168 Å². The van der Waals surface area contributed by atoms with E-state index in [1.54, 1.807) is 0 Å². The zero-order chi connectivity index (χ0) is 32.7. The Hall–Kier alpha value is -6.12. The van der Waals surface area contributed by atoms with Crippen molar-refractivity contribution in [1.82, 2.24) is 0 Å². The number of furan rings is 1. The number of rotatable bonds is 4. The summed E-state index contributed by atoms with van der Waals surface area (Å²) in [6.07, 6.45) is 0. The lowest BCUT2D eigenvalue weighted by molar-refractivity contribution is 0.660. The molecule has 1 aliphatic rings. The van der Waals surface area contributed by atoms with Gasteiger partial charge in [-0.25, -0.2) is 0 Å². The fourth-order valence-electron chi connectivity index (χ4n) is 8.22. The molecule has 2 nitrogen and oxygen atoms in total. The van der Waals surface area contributed by atoms with Crippen LogP contribution in [0.2, 0.25) is 0 Å². The Morgan fingerprint density at radius 1 is 0.490 bits per heavy atom. The molecule has 2 heteroatoms. The molecule has 0 bridgehead atoms. The Morgan fingerprint density at radius 3 is 2.02 bits per heavy atom.